The van der Waals surface area contributed by atoms with Gasteiger partial charge in [-0.1, -0.05) is 18.9 Å². The highest BCUT2D eigenvalue weighted by atomic mass is 16.3. The van der Waals surface area contributed by atoms with Crippen molar-refractivity contribution in [3.05, 3.63) is 30.5 Å². The topological polar surface area (TPSA) is 71.2 Å². The number of phenols is 1. The molecular formula is C15H19N3O. The Morgan fingerprint density at radius 1 is 1.21 bits per heavy atom. The highest BCUT2D eigenvalue weighted by Gasteiger charge is 2.22. The summed E-state index contributed by atoms with van der Waals surface area (Å²) < 4.78 is 0. The minimum Gasteiger partial charge on any atom is -0.508 e. The summed E-state index contributed by atoms with van der Waals surface area (Å²) in [5.41, 5.74) is 6.16. The maximum Gasteiger partial charge on any atom is 0.134 e. The number of aromatic hydroxyl groups is 1. The molecule has 0 radical (unpaired) electrons. The van der Waals surface area contributed by atoms with Crippen LogP contribution in [0.2, 0.25) is 0 Å². The lowest BCUT2D eigenvalue weighted by Crippen LogP contribution is -2.42. The highest BCUT2D eigenvalue weighted by molar-refractivity contribution is 5.92. The van der Waals surface area contributed by atoms with E-state index in [1.807, 2.05) is 12.1 Å². The summed E-state index contributed by atoms with van der Waals surface area (Å²) in [5, 5.41) is 15.1. The van der Waals surface area contributed by atoms with E-state index in [-0.39, 0.29) is 17.8 Å². The van der Waals surface area contributed by atoms with Gasteiger partial charge in [0, 0.05) is 23.7 Å². The van der Waals surface area contributed by atoms with Crippen molar-refractivity contribution in [1.29, 1.82) is 0 Å². The van der Waals surface area contributed by atoms with Gasteiger partial charge in [0.05, 0.1) is 0 Å². The van der Waals surface area contributed by atoms with Crippen molar-refractivity contribution in [2.45, 2.75) is 37.8 Å². The van der Waals surface area contributed by atoms with Crippen LogP contribution in [-0.2, 0) is 0 Å². The number of nitrogens with zero attached hydrogens (tertiary/aromatic N) is 1. The van der Waals surface area contributed by atoms with Gasteiger partial charge >= 0.3 is 0 Å². The molecule has 1 aliphatic carbocycles. The van der Waals surface area contributed by atoms with Crippen LogP contribution in [0.4, 0.5) is 5.82 Å². The van der Waals surface area contributed by atoms with E-state index in [9.17, 15) is 5.11 Å². The van der Waals surface area contributed by atoms with Crippen LogP contribution in [0.25, 0.3) is 10.8 Å². The number of phenolic OH excluding ortho intramolecular Hbond substituents is 1. The van der Waals surface area contributed by atoms with Crippen molar-refractivity contribution in [3.63, 3.8) is 0 Å². The Morgan fingerprint density at radius 2 is 2.05 bits per heavy atom. The van der Waals surface area contributed by atoms with Crippen molar-refractivity contribution in [2.24, 2.45) is 5.73 Å². The lowest BCUT2D eigenvalue weighted by Gasteiger charge is -2.30. The third-order valence-electron chi connectivity index (χ3n) is 3.89. The van der Waals surface area contributed by atoms with Crippen molar-refractivity contribution < 1.29 is 5.11 Å². The normalized spacial score (nSPS) is 23.4. The van der Waals surface area contributed by atoms with Gasteiger partial charge in [-0.15, -0.1) is 0 Å². The van der Waals surface area contributed by atoms with Crippen LogP contribution < -0.4 is 11.1 Å². The zero-order valence-corrected chi connectivity index (χ0v) is 10.8. The van der Waals surface area contributed by atoms with Crippen LogP contribution in [0.1, 0.15) is 25.7 Å². The zero-order valence-electron chi connectivity index (χ0n) is 10.8. The number of benzene rings is 1. The van der Waals surface area contributed by atoms with Crippen LogP contribution in [0, 0.1) is 0 Å². The number of nitrogens with two attached hydrogens (primary N) is 1. The summed E-state index contributed by atoms with van der Waals surface area (Å²) >= 11 is 0. The molecule has 0 amide bonds. The first-order valence-corrected chi connectivity index (χ1v) is 6.84. The van der Waals surface area contributed by atoms with Gasteiger partial charge in [0.1, 0.15) is 11.6 Å². The Morgan fingerprint density at radius 3 is 2.89 bits per heavy atom. The SMILES string of the molecule is NC1CCCCC1Nc1nccc2ccc(O)cc12. The Labute approximate surface area is 112 Å². The number of aromatic nitrogens is 1. The number of nitrogens with one attached hydrogen (secondary N) is 1. The van der Waals surface area contributed by atoms with E-state index < -0.39 is 0 Å². The molecule has 3 rings (SSSR count). The fourth-order valence-electron chi connectivity index (χ4n) is 2.79. The fourth-order valence-corrected chi connectivity index (χ4v) is 2.79. The lowest BCUT2D eigenvalue weighted by molar-refractivity contribution is 0.403. The maximum absolute atomic E-state index is 9.63. The molecule has 1 aromatic heterocycles. The third-order valence-corrected chi connectivity index (χ3v) is 3.89. The Kier molecular flexibility index (Phi) is 3.25. The van der Waals surface area contributed by atoms with E-state index in [1.165, 1.54) is 12.8 Å². The van der Waals surface area contributed by atoms with Gasteiger partial charge in [0.15, 0.2) is 0 Å². The predicted octanol–water partition coefficient (Wildman–Crippen LogP) is 2.62. The van der Waals surface area contributed by atoms with Crippen LogP contribution >= 0.6 is 0 Å². The number of anilines is 1. The number of hydrogen-bond acceptors (Lipinski definition) is 4. The van der Waals surface area contributed by atoms with Gasteiger partial charge in [0.2, 0.25) is 0 Å². The second-order valence-corrected chi connectivity index (χ2v) is 5.26. The summed E-state index contributed by atoms with van der Waals surface area (Å²) in [5.74, 6) is 1.08. The predicted molar refractivity (Wildman–Crippen MR) is 77.3 cm³/mol. The summed E-state index contributed by atoms with van der Waals surface area (Å²) in [6.45, 7) is 0. The quantitative estimate of drug-likeness (QED) is 0.773. The van der Waals surface area contributed by atoms with E-state index in [4.69, 9.17) is 5.73 Å². The van der Waals surface area contributed by atoms with E-state index in [0.717, 1.165) is 29.4 Å². The molecule has 4 N–H and O–H groups in total. The monoisotopic (exact) mass is 257 g/mol. The molecule has 4 heteroatoms. The molecule has 0 bridgehead atoms. The standard InChI is InChI=1S/C15H19N3O/c16-13-3-1-2-4-14(13)18-15-12-9-11(19)6-5-10(12)7-8-17-15/h5-9,13-14,19H,1-4,16H2,(H,17,18). The molecule has 100 valence electrons. The van der Waals surface area contributed by atoms with Crippen molar-refractivity contribution in [1.82, 2.24) is 4.98 Å². The zero-order chi connectivity index (χ0) is 13.2. The first kappa shape index (κ1) is 12.2. The second-order valence-electron chi connectivity index (χ2n) is 5.26. The number of hydrogen-bond donors (Lipinski definition) is 3. The number of fused-ring (bicyclic) bond motifs is 1. The van der Waals surface area contributed by atoms with E-state index in [0.29, 0.717) is 0 Å². The minimum absolute atomic E-state index is 0.183. The van der Waals surface area contributed by atoms with Gasteiger partial charge in [-0.25, -0.2) is 4.98 Å². The molecule has 2 atom stereocenters. The molecule has 1 heterocycles. The summed E-state index contributed by atoms with van der Waals surface area (Å²) in [7, 11) is 0. The number of pyridine rings is 1. The first-order valence-electron chi connectivity index (χ1n) is 6.84. The first-order chi connectivity index (χ1) is 9.24. The molecule has 4 nitrogen and oxygen atoms in total. The van der Waals surface area contributed by atoms with Crippen LogP contribution in [0.5, 0.6) is 5.75 Å². The lowest BCUT2D eigenvalue weighted by atomic mass is 9.91. The number of rotatable bonds is 2. The van der Waals surface area contributed by atoms with E-state index in [2.05, 4.69) is 10.3 Å². The summed E-state index contributed by atoms with van der Waals surface area (Å²) in [6.07, 6.45) is 6.35. The van der Waals surface area contributed by atoms with Gasteiger partial charge in [0.25, 0.3) is 0 Å². The molecule has 1 fully saturated rings. The van der Waals surface area contributed by atoms with Crippen LogP contribution in [0.15, 0.2) is 30.5 Å². The summed E-state index contributed by atoms with van der Waals surface area (Å²) in [6, 6.07) is 7.74. The molecule has 1 saturated carbocycles. The minimum atomic E-state index is 0.183. The van der Waals surface area contributed by atoms with Gasteiger partial charge in [-0.3, -0.25) is 0 Å². The molecule has 1 aromatic carbocycles. The molecule has 0 aliphatic heterocycles. The molecule has 2 unspecified atom stereocenters. The van der Waals surface area contributed by atoms with Crippen LogP contribution in [-0.4, -0.2) is 22.2 Å². The smallest absolute Gasteiger partial charge is 0.134 e. The molecule has 1 aliphatic rings. The third kappa shape index (κ3) is 2.49. The largest absolute Gasteiger partial charge is 0.508 e. The maximum atomic E-state index is 9.63. The van der Waals surface area contributed by atoms with E-state index in [1.54, 1.807) is 18.3 Å². The van der Waals surface area contributed by atoms with Gasteiger partial charge < -0.3 is 16.2 Å². The average Bonchev–Trinajstić information content (AvgIpc) is 2.42. The fraction of sp³-hybridized carbons (Fsp3) is 0.400. The Bertz CT molecular complexity index is 585. The van der Waals surface area contributed by atoms with Crippen LogP contribution in [0.3, 0.4) is 0 Å². The highest BCUT2D eigenvalue weighted by Crippen LogP contribution is 2.27. The summed E-state index contributed by atoms with van der Waals surface area (Å²) in [4.78, 5) is 4.40. The Hall–Kier alpha value is -1.81. The van der Waals surface area contributed by atoms with E-state index >= 15 is 0 Å². The Balaban J connectivity index is 1.93. The molecular weight excluding hydrogens is 238 g/mol. The second kappa shape index (κ2) is 5.05. The molecule has 0 spiro atoms. The van der Waals surface area contributed by atoms with Gasteiger partial charge in [-0.05, 0) is 36.4 Å². The molecule has 2 aromatic rings. The van der Waals surface area contributed by atoms with Crippen molar-refractivity contribution in [2.75, 3.05) is 5.32 Å². The van der Waals surface area contributed by atoms with Crippen molar-refractivity contribution in [3.8, 4) is 5.75 Å². The van der Waals surface area contributed by atoms with Gasteiger partial charge in [-0.2, -0.15) is 0 Å². The molecule has 0 saturated heterocycles. The molecule has 19 heavy (non-hydrogen) atoms. The average molecular weight is 257 g/mol. The van der Waals surface area contributed by atoms with Crippen molar-refractivity contribution >= 4 is 16.6 Å².